The molecule has 0 atom stereocenters. The van der Waals surface area contributed by atoms with Gasteiger partial charge < -0.3 is 14.6 Å². The van der Waals surface area contributed by atoms with Gasteiger partial charge in [0.25, 0.3) is 0 Å². The Morgan fingerprint density at radius 1 is 1.22 bits per heavy atom. The van der Waals surface area contributed by atoms with Gasteiger partial charge in [0.15, 0.2) is 5.78 Å². The number of rotatable bonds is 8. The molecule has 7 nitrogen and oxygen atoms in total. The second kappa shape index (κ2) is 11.6. The van der Waals surface area contributed by atoms with E-state index >= 15 is 0 Å². The van der Waals surface area contributed by atoms with E-state index in [9.17, 15) is 24.8 Å². The molecule has 0 aliphatic carbocycles. The molecule has 0 fully saturated rings. The molecule has 0 saturated carbocycles. The molecular weight excluding hydrogens is 613 g/mol. The van der Waals surface area contributed by atoms with E-state index in [4.69, 9.17) is 9.47 Å². The Morgan fingerprint density at radius 3 is 2.44 bits per heavy atom. The lowest BCUT2D eigenvalue weighted by atomic mass is 10.0. The molecule has 2 aromatic rings. The number of hydrogen-bond donors (Lipinski definition) is 1. The van der Waals surface area contributed by atoms with Crippen LogP contribution in [0.25, 0.3) is 6.08 Å². The zero-order valence-corrected chi connectivity index (χ0v) is 22.0. The van der Waals surface area contributed by atoms with E-state index in [0.29, 0.717) is 24.0 Å². The molecule has 0 spiro atoms. The van der Waals surface area contributed by atoms with Crippen LogP contribution in [0.3, 0.4) is 0 Å². The first-order valence-corrected chi connectivity index (χ1v) is 12.1. The van der Waals surface area contributed by atoms with Crippen molar-refractivity contribution in [3.05, 3.63) is 52.2 Å². The van der Waals surface area contributed by atoms with Gasteiger partial charge in [-0.25, -0.2) is 9.59 Å². The summed E-state index contributed by atoms with van der Waals surface area (Å²) in [6.07, 6.45) is 1.01. The minimum atomic E-state index is -0.652. The Balaban J connectivity index is 2.49. The Bertz CT molecular complexity index is 1150. The van der Waals surface area contributed by atoms with Crippen molar-refractivity contribution >= 4 is 73.7 Å². The molecule has 32 heavy (non-hydrogen) atoms. The van der Waals surface area contributed by atoms with E-state index in [2.05, 4.69) is 15.9 Å². The van der Waals surface area contributed by atoms with Gasteiger partial charge in [-0.1, -0.05) is 15.9 Å². The molecule has 1 aromatic heterocycles. The summed E-state index contributed by atoms with van der Waals surface area (Å²) < 4.78 is 11.4. The number of Topliss-reactive ketones (excluding diaryl/α,β-unsaturated/α-hetero) is 1. The van der Waals surface area contributed by atoms with Crippen molar-refractivity contribution in [3.8, 4) is 11.8 Å². The highest BCUT2D eigenvalue weighted by atomic mass is 127. The Morgan fingerprint density at radius 2 is 1.84 bits per heavy atom. The quantitative estimate of drug-likeness (QED) is 0.184. The lowest BCUT2D eigenvalue weighted by Gasteiger charge is -2.06. The molecule has 0 aliphatic heterocycles. The lowest BCUT2D eigenvalue weighted by molar-refractivity contribution is -0.114. The molecule has 168 valence electrons. The maximum atomic E-state index is 12.9. The normalized spacial score (nSPS) is 11.1. The van der Waals surface area contributed by atoms with Gasteiger partial charge in [0.1, 0.15) is 16.7 Å². The second-order valence-electron chi connectivity index (χ2n) is 6.39. The van der Waals surface area contributed by atoms with Gasteiger partial charge in [-0.15, -0.1) is 11.3 Å². The summed E-state index contributed by atoms with van der Waals surface area (Å²) in [5, 5.41) is 19.8. The average molecular weight is 632 g/mol. The minimum absolute atomic E-state index is 0.0573. The van der Waals surface area contributed by atoms with Crippen LogP contribution in [0.15, 0.2) is 22.2 Å². The zero-order valence-electron chi connectivity index (χ0n) is 17.5. The molecule has 0 unspecified atom stereocenters. The molecule has 1 N–H and O–H groups in total. The van der Waals surface area contributed by atoms with Crippen LogP contribution in [-0.2, 0) is 20.7 Å². The van der Waals surface area contributed by atoms with E-state index in [-0.39, 0.29) is 41.4 Å². The summed E-state index contributed by atoms with van der Waals surface area (Å²) in [6.45, 7) is 5.19. The van der Waals surface area contributed by atoms with Gasteiger partial charge in [0.05, 0.1) is 27.9 Å². The fourth-order valence-electron chi connectivity index (χ4n) is 2.83. The molecule has 0 saturated heterocycles. The molecule has 0 radical (unpaired) electrons. The molecule has 1 heterocycles. The van der Waals surface area contributed by atoms with Crippen LogP contribution in [-0.4, -0.2) is 36.0 Å². The smallest absolute Gasteiger partial charge is 0.348 e. The van der Waals surface area contributed by atoms with Gasteiger partial charge in [-0.3, -0.25) is 4.79 Å². The Labute approximate surface area is 211 Å². The first kappa shape index (κ1) is 26.0. The number of nitrogens with zero attached hydrogens (tertiary/aromatic N) is 1. The van der Waals surface area contributed by atoms with Crippen LogP contribution in [0.4, 0.5) is 0 Å². The van der Waals surface area contributed by atoms with E-state index in [0.717, 1.165) is 11.3 Å². The van der Waals surface area contributed by atoms with Crippen molar-refractivity contribution in [2.24, 2.45) is 0 Å². The van der Waals surface area contributed by atoms with Crippen LogP contribution in [0.5, 0.6) is 5.75 Å². The van der Waals surface area contributed by atoms with E-state index in [1.54, 1.807) is 32.9 Å². The van der Waals surface area contributed by atoms with Crippen molar-refractivity contribution in [2.45, 2.75) is 27.2 Å². The van der Waals surface area contributed by atoms with E-state index in [1.807, 2.05) is 28.7 Å². The molecule has 10 heteroatoms. The molecule has 0 amide bonds. The highest BCUT2D eigenvalue weighted by Gasteiger charge is 2.28. The van der Waals surface area contributed by atoms with Gasteiger partial charge in [0.2, 0.25) is 0 Å². The van der Waals surface area contributed by atoms with Crippen LogP contribution >= 0.6 is 49.9 Å². The fraction of sp³-hybridized carbons (Fsp3) is 0.273. The number of ether oxygens (including phenoxy) is 2. The number of nitriles is 1. The fourth-order valence-corrected chi connectivity index (χ4v) is 5.56. The molecule has 0 bridgehead atoms. The number of phenolic OH excluding ortho intramolecular Hbond substituents is 1. The number of ketones is 1. The van der Waals surface area contributed by atoms with Gasteiger partial charge in [-0.2, -0.15) is 5.26 Å². The summed E-state index contributed by atoms with van der Waals surface area (Å²) in [5.41, 5.74) is 0.600. The van der Waals surface area contributed by atoms with E-state index in [1.165, 1.54) is 6.08 Å². The van der Waals surface area contributed by atoms with Crippen molar-refractivity contribution in [3.63, 3.8) is 0 Å². The maximum absolute atomic E-state index is 12.9. The number of allylic oxidation sites excluding steroid dienone is 1. The Kier molecular flexibility index (Phi) is 9.42. The molecular formula is C22H19BrINO6S. The number of hydrogen-bond acceptors (Lipinski definition) is 8. The number of thiophene rings is 1. The monoisotopic (exact) mass is 631 g/mol. The first-order valence-electron chi connectivity index (χ1n) is 9.43. The summed E-state index contributed by atoms with van der Waals surface area (Å²) >= 11 is 6.23. The van der Waals surface area contributed by atoms with Crippen molar-refractivity contribution in [1.82, 2.24) is 0 Å². The van der Waals surface area contributed by atoms with Gasteiger partial charge >= 0.3 is 11.9 Å². The van der Waals surface area contributed by atoms with Crippen LogP contribution < -0.4 is 0 Å². The van der Waals surface area contributed by atoms with Crippen molar-refractivity contribution in [1.29, 1.82) is 5.26 Å². The SMILES string of the molecule is CCOC(=O)c1sc(CC(=O)/C(C#N)=C/c2cc(Br)cc(I)c2O)c(C(=O)OCC)c1C. The second-order valence-corrected chi connectivity index (χ2v) is 9.57. The van der Waals surface area contributed by atoms with Crippen molar-refractivity contribution in [2.75, 3.05) is 13.2 Å². The topological polar surface area (TPSA) is 114 Å². The molecule has 2 rings (SSSR count). The van der Waals surface area contributed by atoms with Crippen LogP contribution in [0.2, 0.25) is 0 Å². The average Bonchev–Trinajstić information content (AvgIpc) is 3.05. The van der Waals surface area contributed by atoms with Crippen LogP contribution in [0.1, 0.15) is 49.9 Å². The van der Waals surface area contributed by atoms with Gasteiger partial charge in [0, 0.05) is 21.3 Å². The standard InChI is InChI=1S/C22H19BrINO6S/c1-4-30-21(28)18-11(3)20(22(29)31-5-2)32-17(18)9-16(26)13(10-25)6-12-7-14(23)8-15(24)19(12)27/h6-8,27H,4-5,9H2,1-3H3/b13-6+. The highest BCUT2D eigenvalue weighted by molar-refractivity contribution is 14.1. The number of phenols is 1. The summed E-state index contributed by atoms with van der Waals surface area (Å²) in [6, 6.07) is 5.13. The summed E-state index contributed by atoms with van der Waals surface area (Å²) in [4.78, 5) is 38.2. The predicted molar refractivity (Wildman–Crippen MR) is 132 cm³/mol. The number of carbonyl (C=O) groups is 3. The third kappa shape index (κ3) is 5.96. The number of esters is 2. The highest BCUT2D eigenvalue weighted by Crippen LogP contribution is 2.33. The summed E-state index contributed by atoms with van der Waals surface area (Å²) in [7, 11) is 0. The third-order valence-corrected chi connectivity index (χ3v) is 6.81. The number of benzene rings is 1. The van der Waals surface area contributed by atoms with E-state index < -0.39 is 17.7 Å². The largest absolute Gasteiger partial charge is 0.506 e. The predicted octanol–water partition coefficient (Wildman–Crippen LogP) is 5.20. The first-order chi connectivity index (χ1) is 15.1. The number of aromatic hydroxyl groups is 1. The van der Waals surface area contributed by atoms with Crippen molar-refractivity contribution < 1.29 is 29.0 Å². The van der Waals surface area contributed by atoms with Crippen LogP contribution in [0, 0.1) is 21.8 Å². The minimum Gasteiger partial charge on any atom is -0.506 e. The number of carbonyl (C=O) groups excluding carboxylic acids is 3. The Hall–Kier alpha value is -2.23. The maximum Gasteiger partial charge on any atom is 0.348 e. The lowest BCUT2D eigenvalue weighted by Crippen LogP contribution is -2.12. The van der Waals surface area contributed by atoms with Gasteiger partial charge in [-0.05, 0) is 67.1 Å². The summed E-state index contributed by atoms with van der Waals surface area (Å²) in [5.74, 6) is -1.87. The molecule has 0 aliphatic rings. The zero-order chi connectivity index (χ0) is 24.0. The third-order valence-electron chi connectivity index (χ3n) is 4.26. The number of halogens is 2. The molecule has 1 aromatic carbocycles.